The number of hydrogen-bond acceptors (Lipinski definition) is 2. The Hall–Kier alpha value is -0.0800. The van der Waals surface area contributed by atoms with Gasteiger partial charge in [-0.2, -0.15) is 0 Å². The topological polar surface area (TPSA) is 29.3 Å². The molecule has 110 valence electrons. The molecule has 0 aromatic rings. The summed E-state index contributed by atoms with van der Waals surface area (Å²) >= 11 is 0. The Kier molecular flexibility index (Phi) is 7.46. The summed E-state index contributed by atoms with van der Waals surface area (Å²) in [5.41, 5.74) is 6.52. The van der Waals surface area contributed by atoms with Crippen molar-refractivity contribution in [1.29, 1.82) is 0 Å². The van der Waals surface area contributed by atoms with Gasteiger partial charge in [0.25, 0.3) is 0 Å². The van der Waals surface area contributed by atoms with E-state index in [9.17, 15) is 0 Å². The summed E-state index contributed by atoms with van der Waals surface area (Å²) in [6.45, 7) is 17.1. The van der Waals surface area contributed by atoms with Crippen LogP contribution in [0.3, 0.4) is 0 Å². The van der Waals surface area contributed by atoms with Gasteiger partial charge in [-0.15, -0.1) is 0 Å². The Labute approximate surface area is 115 Å². The molecule has 18 heavy (non-hydrogen) atoms. The fourth-order valence-electron chi connectivity index (χ4n) is 2.71. The third-order valence-corrected chi connectivity index (χ3v) is 3.58. The van der Waals surface area contributed by atoms with Gasteiger partial charge in [0.05, 0.1) is 0 Å². The summed E-state index contributed by atoms with van der Waals surface area (Å²) in [6.07, 6.45) is 3.75. The van der Waals surface area contributed by atoms with E-state index in [2.05, 4.69) is 53.5 Å². The Bertz CT molecular complexity index is 210. The first-order valence-electron chi connectivity index (χ1n) is 7.45. The minimum Gasteiger partial charge on any atom is -0.330 e. The maximum absolute atomic E-state index is 5.73. The van der Waals surface area contributed by atoms with Crippen molar-refractivity contribution in [2.75, 3.05) is 26.7 Å². The van der Waals surface area contributed by atoms with Crippen molar-refractivity contribution < 1.29 is 0 Å². The molecular formula is C16H36N2. The number of nitrogens with zero attached hydrogens (tertiary/aromatic N) is 1. The van der Waals surface area contributed by atoms with E-state index in [4.69, 9.17) is 5.73 Å². The highest BCUT2D eigenvalue weighted by Crippen LogP contribution is 2.32. The summed E-state index contributed by atoms with van der Waals surface area (Å²) in [5, 5.41) is 0. The Morgan fingerprint density at radius 1 is 1.00 bits per heavy atom. The molecule has 0 saturated carbocycles. The van der Waals surface area contributed by atoms with E-state index in [-0.39, 0.29) is 0 Å². The lowest BCUT2D eigenvalue weighted by molar-refractivity contribution is 0.185. The normalized spacial score (nSPS) is 15.2. The lowest BCUT2D eigenvalue weighted by atomic mass is 9.76. The van der Waals surface area contributed by atoms with Crippen LogP contribution in [0.5, 0.6) is 0 Å². The van der Waals surface area contributed by atoms with Crippen LogP contribution in [-0.2, 0) is 0 Å². The van der Waals surface area contributed by atoms with Gasteiger partial charge in [-0.1, -0.05) is 41.5 Å². The molecule has 2 N–H and O–H groups in total. The molecule has 0 aliphatic heterocycles. The molecular weight excluding hydrogens is 220 g/mol. The molecule has 0 aliphatic carbocycles. The molecule has 0 aromatic heterocycles. The van der Waals surface area contributed by atoms with Gasteiger partial charge in [0.1, 0.15) is 0 Å². The van der Waals surface area contributed by atoms with Gasteiger partial charge in [-0.25, -0.2) is 0 Å². The molecule has 0 radical (unpaired) electrons. The summed E-state index contributed by atoms with van der Waals surface area (Å²) in [4.78, 5) is 2.46. The average molecular weight is 256 g/mol. The minimum absolute atomic E-state index is 0.391. The first kappa shape index (κ1) is 17.9. The van der Waals surface area contributed by atoms with Gasteiger partial charge in [-0.3, -0.25) is 0 Å². The molecule has 1 unspecified atom stereocenters. The van der Waals surface area contributed by atoms with Crippen LogP contribution < -0.4 is 5.73 Å². The SMILES string of the molecule is CN(CCCC(CCN)C(C)(C)C)CC(C)(C)C. The van der Waals surface area contributed by atoms with Crippen molar-refractivity contribution in [3.05, 3.63) is 0 Å². The molecule has 2 heteroatoms. The zero-order chi connectivity index (χ0) is 14.4. The van der Waals surface area contributed by atoms with Crippen molar-refractivity contribution in [1.82, 2.24) is 4.90 Å². The maximum Gasteiger partial charge on any atom is 0.00270 e. The van der Waals surface area contributed by atoms with Crippen molar-refractivity contribution in [2.24, 2.45) is 22.5 Å². The second-order valence-corrected chi connectivity index (χ2v) is 8.08. The van der Waals surface area contributed by atoms with E-state index >= 15 is 0 Å². The Morgan fingerprint density at radius 3 is 1.94 bits per heavy atom. The highest BCUT2D eigenvalue weighted by molar-refractivity contribution is 4.75. The summed E-state index contributed by atoms with van der Waals surface area (Å²) in [6, 6.07) is 0. The van der Waals surface area contributed by atoms with Crippen LogP contribution in [0.1, 0.15) is 60.8 Å². The standard InChI is InChI=1S/C16H36N2/c1-15(2,3)13-18(7)12-8-9-14(10-11-17)16(4,5)6/h14H,8-13,17H2,1-7H3. The smallest absolute Gasteiger partial charge is 0.00270 e. The first-order valence-corrected chi connectivity index (χ1v) is 7.45. The number of hydrogen-bond donors (Lipinski definition) is 1. The third kappa shape index (κ3) is 8.93. The molecule has 0 saturated heterocycles. The summed E-state index contributed by atoms with van der Waals surface area (Å²) in [5.74, 6) is 0.755. The van der Waals surface area contributed by atoms with Crippen LogP contribution in [0.2, 0.25) is 0 Å². The monoisotopic (exact) mass is 256 g/mol. The molecule has 0 heterocycles. The van der Waals surface area contributed by atoms with Crippen LogP contribution in [0.15, 0.2) is 0 Å². The Morgan fingerprint density at radius 2 is 1.56 bits per heavy atom. The highest BCUT2D eigenvalue weighted by Gasteiger charge is 2.23. The molecule has 0 amide bonds. The second kappa shape index (κ2) is 7.49. The van der Waals surface area contributed by atoms with Crippen molar-refractivity contribution in [3.63, 3.8) is 0 Å². The van der Waals surface area contributed by atoms with Crippen LogP contribution in [0.25, 0.3) is 0 Å². The molecule has 0 fully saturated rings. The van der Waals surface area contributed by atoms with E-state index < -0.39 is 0 Å². The molecule has 0 spiro atoms. The molecule has 0 rings (SSSR count). The summed E-state index contributed by atoms with van der Waals surface area (Å²) < 4.78 is 0. The van der Waals surface area contributed by atoms with Crippen molar-refractivity contribution in [3.8, 4) is 0 Å². The van der Waals surface area contributed by atoms with E-state index in [1.54, 1.807) is 0 Å². The zero-order valence-corrected chi connectivity index (χ0v) is 13.8. The zero-order valence-electron chi connectivity index (χ0n) is 13.8. The second-order valence-electron chi connectivity index (χ2n) is 8.08. The van der Waals surface area contributed by atoms with Crippen LogP contribution in [0.4, 0.5) is 0 Å². The molecule has 0 aliphatic rings. The van der Waals surface area contributed by atoms with Gasteiger partial charge in [0.15, 0.2) is 0 Å². The van der Waals surface area contributed by atoms with E-state index in [1.165, 1.54) is 25.9 Å². The highest BCUT2D eigenvalue weighted by atomic mass is 15.1. The number of rotatable bonds is 7. The lowest BCUT2D eigenvalue weighted by Gasteiger charge is -2.32. The predicted molar refractivity (Wildman–Crippen MR) is 82.8 cm³/mol. The molecule has 2 nitrogen and oxygen atoms in total. The Balaban J connectivity index is 4.00. The van der Waals surface area contributed by atoms with Crippen molar-refractivity contribution in [2.45, 2.75) is 60.8 Å². The molecule has 0 aromatic carbocycles. The van der Waals surface area contributed by atoms with Gasteiger partial charge in [0.2, 0.25) is 0 Å². The largest absolute Gasteiger partial charge is 0.330 e. The van der Waals surface area contributed by atoms with E-state index in [0.29, 0.717) is 10.8 Å². The van der Waals surface area contributed by atoms with Gasteiger partial charge in [0, 0.05) is 6.54 Å². The predicted octanol–water partition coefficient (Wildman–Crippen LogP) is 3.76. The first-order chi connectivity index (χ1) is 8.06. The maximum atomic E-state index is 5.73. The average Bonchev–Trinajstić information content (AvgIpc) is 2.11. The summed E-state index contributed by atoms with van der Waals surface area (Å²) in [7, 11) is 2.24. The molecule has 0 bridgehead atoms. The van der Waals surface area contributed by atoms with E-state index in [1.807, 2.05) is 0 Å². The van der Waals surface area contributed by atoms with Gasteiger partial charge >= 0.3 is 0 Å². The van der Waals surface area contributed by atoms with Gasteiger partial charge in [-0.05, 0) is 56.1 Å². The van der Waals surface area contributed by atoms with Crippen LogP contribution in [0, 0.1) is 16.7 Å². The quantitative estimate of drug-likeness (QED) is 0.751. The fourth-order valence-corrected chi connectivity index (χ4v) is 2.71. The van der Waals surface area contributed by atoms with Crippen LogP contribution in [-0.4, -0.2) is 31.6 Å². The van der Waals surface area contributed by atoms with Gasteiger partial charge < -0.3 is 10.6 Å². The fraction of sp³-hybridized carbons (Fsp3) is 1.00. The minimum atomic E-state index is 0.391. The third-order valence-electron chi connectivity index (χ3n) is 3.58. The number of nitrogens with two attached hydrogens (primary N) is 1. The van der Waals surface area contributed by atoms with E-state index in [0.717, 1.165) is 18.9 Å². The molecule has 1 atom stereocenters. The lowest BCUT2D eigenvalue weighted by Crippen LogP contribution is -2.31. The van der Waals surface area contributed by atoms with Crippen molar-refractivity contribution >= 4 is 0 Å². The van der Waals surface area contributed by atoms with Crippen LogP contribution >= 0.6 is 0 Å².